The van der Waals surface area contributed by atoms with Gasteiger partial charge in [-0.1, -0.05) is 18.2 Å². The predicted molar refractivity (Wildman–Crippen MR) is 71.7 cm³/mol. The van der Waals surface area contributed by atoms with Crippen molar-refractivity contribution >= 4 is 11.9 Å². The van der Waals surface area contributed by atoms with Crippen LogP contribution in [0.2, 0.25) is 0 Å². The Morgan fingerprint density at radius 3 is 3.18 bits per heavy atom. The molecule has 1 aliphatic rings. The van der Waals surface area contributed by atoms with Crippen LogP contribution in [0.5, 0.6) is 0 Å². The summed E-state index contributed by atoms with van der Waals surface area (Å²) < 4.78 is 4.82. The second kappa shape index (κ2) is 6.09. The first kappa shape index (κ1) is 11.7. The van der Waals surface area contributed by atoms with E-state index in [-0.39, 0.29) is 0 Å². The lowest BCUT2D eigenvalue weighted by molar-refractivity contribution is 0.336. The molecule has 0 bridgehead atoms. The fraction of sp³-hybridized carbons (Fsp3) is 0.357. The van der Waals surface area contributed by atoms with Gasteiger partial charge in [-0.15, -0.1) is 0 Å². The zero-order valence-electron chi connectivity index (χ0n) is 10.1. The quantitative estimate of drug-likeness (QED) is 0.479. The summed E-state index contributed by atoms with van der Waals surface area (Å²) in [4.78, 5) is 4.41. The predicted octanol–water partition coefficient (Wildman–Crippen LogP) is 2.64. The number of para-hydroxylation sites is 1. The molecule has 17 heavy (non-hydrogen) atoms. The van der Waals surface area contributed by atoms with Gasteiger partial charge < -0.3 is 10.1 Å². The van der Waals surface area contributed by atoms with Crippen LogP contribution in [0.1, 0.15) is 12.0 Å². The normalized spacial score (nSPS) is 18.5. The Balaban J connectivity index is 1.76. The topological polar surface area (TPSA) is 33.6 Å². The number of ether oxygens (including phenoxy) is 1. The molecular formula is C14H18N2O. The van der Waals surface area contributed by atoms with Gasteiger partial charge in [0.05, 0.1) is 19.4 Å². The molecule has 1 heterocycles. The van der Waals surface area contributed by atoms with Gasteiger partial charge in [0.1, 0.15) is 0 Å². The fourth-order valence-corrected chi connectivity index (χ4v) is 1.93. The zero-order chi connectivity index (χ0) is 11.9. The number of benzene rings is 1. The van der Waals surface area contributed by atoms with Gasteiger partial charge in [0.2, 0.25) is 0 Å². The maximum absolute atomic E-state index is 4.82. The first-order chi connectivity index (χ1) is 8.40. The van der Waals surface area contributed by atoms with E-state index in [0.29, 0.717) is 6.04 Å². The molecule has 1 atom stereocenters. The monoisotopic (exact) mass is 230 g/mol. The summed E-state index contributed by atoms with van der Waals surface area (Å²) in [7, 11) is 1.65. The molecule has 3 heteroatoms. The summed E-state index contributed by atoms with van der Waals surface area (Å²) >= 11 is 0. The largest absolute Gasteiger partial charge is 0.505 e. The third kappa shape index (κ3) is 3.34. The third-order valence-corrected chi connectivity index (χ3v) is 2.74. The van der Waals surface area contributed by atoms with Gasteiger partial charge in [-0.05, 0) is 30.5 Å². The van der Waals surface area contributed by atoms with Crippen LogP contribution in [-0.4, -0.2) is 25.9 Å². The van der Waals surface area contributed by atoms with E-state index in [1.165, 1.54) is 11.3 Å². The Kier molecular flexibility index (Phi) is 4.19. The number of hydrogen-bond donors (Lipinski definition) is 1. The van der Waals surface area contributed by atoms with Crippen molar-refractivity contribution in [3.05, 3.63) is 42.2 Å². The Hall–Kier alpha value is -1.77. The fourth-order valence-electron chi connectivity index (χ4n) is 1.93. The molecule has 90 valence electrons. The van der Waals surface area contributed by atoms with Crippen LogP contribution in [0.3, 0.4) is 0 Å². The molecule has 0 unspecified atom stereocenters. The van der Waals surface area contributed by atoms with Gasteiger partial charge in [-0.25, -0.2) is 0 Å². The van der Waals surface area contributed by atoms with Crippen LogP contribution in [0, 0.1) is 0 Å². The van der Waals surface area contributed by atoms with Gasteiger partial charge in [0, 0.05) is 18.4 Å². The van der Waals surface area contributed by atoms with Gasteiger partial charge >= 0.3 is 0 Å². The average Bonchev–Trinajstić information content (AvgIpc) is 2.76. The summed E-state index contributed by atoms with van der Waals surface area (Å²) in [6.07, 6.45) is 7.64. The van der Waals surface area contributed by atoms with Crippen molar-refractivity contribution in [1.82, 2.24) is 0 Å². The molecule has 1 N–H and O–H groups in total. The lowest BCUT2D eigenvalue weighted by Crippen LogP contribution is -2.16. The molecule has 0 fully saturated rings. The van der Waals surface area contributed by atoms with Crippen molar-refractivity contribution in [3.8, 4) is 0 Å². The minimum Gasteiger partial charge on any atom is -0.505 e. The number of hydrogen-bond acceptors (Lipinski definition) is 3. The molecule has 0 spiro atoms. The SMILES string of the molecule is CO/C=C/CC/N=C\[C@@H]1Cc2ccccc2N1. The molecule has 0 radical (unpaired) electrons. The van der Waals surface area contributed by atoms with Crippen LogP contribution in [0.25, 0.3) is 0 Å². The smallest absolute Gasteiger partial charge is 0.0785 e. The molecule has 1 aromatic carbocycles. The van der Waals surface area contributed by atoms with Crippen molar-refractivity contribution in [2.24, 2.45) is 4.99 Å². The Labute approximate surface area is 102 Å². The molecule has 0 saturated carbocycles. The Morgan fingerprint density at radius 1 is 1.47 bits per heavy atom. The van der Waals surface area contributed by atoms with Crippen LogP contribution in [0.15, 0.2) is 41.6 Å². The summed E-state index contributed by atoms with van der Waals surface area (Å²) in [5.74, 6) is 0. The van der Waals surface area contributed by atoms with Crippen LogP contribution >= 0.6 is 0 Å². The summed E-state index contributed by atoms with van der Waals surface area (Å²) in [6.45, 7) is 0.814. The molecule has 3 nitrogen and oxygen atoms in total. The number of rotatable bonds is 5. The second-order valence-electron chi connectivity index (χ2n) is 4.06. The van der Waals surface area contributed by atoms with Crippen molar-refractivity contribution in [1.29, 1.82) is 0 Å². The van der Waals surface area contributed by atoms with Crippen molar-refractivity contribution in [3.63, 3.8) is 0 Å². The molecule has 1 aromatic rings. The Morgan fingerprint density at radius 2 is 2.35 bits per heavy atom. The number of anilines is 1. The average molecular weight is 230 g/mol. The standard InChI is InChI=1S/C14H18N2O/c1-17-9-5-4-8-15-11-13-10-12-6-2-3-7-14(12)16-13/h2-3,5-7,9,11,13,16H,4,8,10H2,1H3/b9-5+,15-11-/t13-/m0/s1. The van der Waals surface area contributed by atoms with E-state index in [0.717, 1.165) is 19.4 Å². The summed E-state index contributed by atoms with van der Waals surface area (Å²) in [6, 6.07) is 8.76. The summed E-state index contributed by atoms with van der Waals surface area (Å²) in [5.41, 5.74) is 2.62. The highest BCUT2D eigenvalue weighted by Crippen LogP contribution is 2.24. The van der Waals surface area contributed by atoms with E-state index >= 15 is 0 Å². The first-order valence-corrected chi connectivity index (χ1v) is 5.92. The van der Waals surface area contributed by atoms with Crippen LogP contribution < -0.4 is 5.32 Å². The lowest BCUT2D eigenvalue weighted by Gasteiger charge is -2.03. The molecule has 0 aliphatic carbocycles. The molecule has 2 rings (SSSR count). The number of nitrogens with zero attached hydrogens (tertiary/aromatic N) is 1. The molecule has 0 aromatic heterocycles. The second-order valence-corrected chi connectivity index (χ2v) is 4.06. The maximum Gasteiger partial charge on any atom is 0.0785 e. The first-order valence-electron chi connectivity index (χ1n) is 5.92. The number of aliphatic imine (C=N–C) groups is 1. The van der Waals surface area contributed by atoms with E-state index in [4.69, 9.17) is 4.74 Å². The van der Waals surface area contributed by atoms with Gasteiger partial charge in [-0.3, -0.25) is 4.99 Å². The van der Waals surface area contributed by atoms with Crippen molar-refractivity contribution in [2.45, 2.75) is 18.9 Å². The molecule has 1 aliphatic heterocycles. The van der Waals surface area contributed by atoms with E-state index in [9.17, 15) is 0 Å². The number of fused-ring (bicyclic) bond motifs is 1. The lowest BCUT2D eigenvalue weighted by atomic mass is 10.1. The van der Waals surface area contributed by atoms with E-state index in [1.54, 1.807) is 13.4 Å². The van der Waals surface area contributed by atoms with E-state index in [1.807, 2.05) is 12.3 Å². The zero-order valence-corrected chi connectivity index (χ0v) is 10.1. The Bertz CT molecular complexity index is 387. The van der Waals surface area contributed by atoms with Crippen molar-refractivity contribution < 1.29 is 4.74 Å². The van der Waals surface area contributed by atoms with Crippen LogP contribution in [0.4, 0.5) is 5.69 Å². The van der Waals surface area contributed by atoms with Crippen LogP contribution in [-0.2, 0) is 11.2 Å². The highest BCUT2D eigenvalue weighted by Gasteiger charge is 2.17. The third-order valence-electron chi connectivity index (χ3n) is 2.74. The highest BCUT2D eigenvalue weighted by molar-refractivity contribution is 5.75. The van der Waals surface area contributed by atoms with E-state index < -0.39 is 0 Å². The number of methoxy groups -OCH3 is 1. The van der Waals surface area contributed by atoms with Gasteiger partial charge in [0.15, 0.2) is 0 Å². The summed E-state index contributed by atoms with van der Waals surface area (Å²) in [5, 5.41) is 3.44. The number of nitrogens with one attached hydrogen (secondary N) is 1. The minimum absolute atomic E-state index is 0.346. The van der Waals surface area contributed by atoms with Gasteiger partial charge in [-0.2, -0.15) is 0 Å². The molecule has 0 saturated heterocycles. The van der Waals surface area contributed by atoms with Crippen molar-refractivity contribution in [2.75, 3.05) is 19.0 Å². The van der Waals surface area contributed by atoms with E-state index in [2.05, 4.69) is 34.6 Å². The molecular weight excluding hydrogens is 212 g/mol. The highest BCUT2D eigenvalue weighted by atomic mass is 16.5. The molecule has 0 amide bonds. The maximum atomic E-state index is 4.82. The minimum atomic E-state index is 0.346. The van der Waals surface area contributed by atoms with Gasteiger partial charge in [0.25, 0.3) is 0 Å².